The highest BCUT2D eigenvalue weighted by atomic mass is 13.5. The molecule has 1 heteroatoms. The van der Waals surface area contributed by atoms with Gasteiger partial charge in [-0.1, -0.05) is 87.1 Å². The Morgan fingerprint density at radius 3 is 0.625 bits per heavy atom. The van der Waals surface area contributed by atoms with Gasteiger partial charge in [-0.15, -0.1) is 39.5 Å². The largest absolute Gasteiger partial charge is 0.106 e. The van der Waals surface area contributed by atoms with E-state index in [2.05, 4.69) is 81.0 Å². The third-order valence-electron chi connectivity index (χ3n) is 1.15. The molecule has 0 nitrogen and oxygen atoms in total. The van der Waals surface area contributed by atoms with Gasteiger partial charge in [0.05, 0.1) is 0 Å². The molecular formula is C23H56B. The molecule has 3 radical (unpaired) electrons. The predicted molar refractivity (Wildman–Crippen MR) is 133 cm³/mol. The standard InChI is InChI=1S/4C4H8.C3H8.C2H4.2CH4.B.2H2/c4*1-3-4-2;1-3-2;1-2;;;;;/h4*3H,1,4H2,2H3;3H2,1-2H3;1-2H2;2*1H4;;2*1H/i;;;;;;;;;1+1;. The maximum absolute atomic E-state index is 3.48. The molecule has 0 aliphatic heterocycles. The molecule has 0 heterocycles. The number of hydrogen-bond donors (Lipinski definition) is 0. The van der Waals surface area contributed by atoms with Gasteiger partial charge >= 0.3 is 0 Å². The summed E-state index contributed by atoms with van der Waals surface area (Å²) in [6, 6.07) is 0. The molecule has 151 valence electrons. The Hall–Kier alpha value is -1.24. The minimum Gasteiger partial charge on any atom is -0.106 e. The van der Waals surface area contributed by atoms with E-state index in [1.165, 1.54) is 6.42 Å². The van der Waals surface area contributed by atoms with E-state index in [9.17, 15) is 0 Å². The van der Waals surface area contributed by atoms with Gasteiger partial charge in [-0.05, 0) is 25.7 Å². The Kier molecular flexibility index (Phi) is 369. The molecule has 0 aliphatic carbocycles. The van der Waals surface area contributed by atoms with E-state index in [1.807, 2.05) is 24.3 Å². The first kappa shape index (κ1) is 56.9. The highest BCUT2D eigenvalue weighted by molar-refractivity contribution is 5.75. The van der Waals surface area contributed by atoms with Crippen molar-refractivity contribution in [2.75, 3.05) is 0 Å². The van der Waals surface area contributed by atoms with Crippen molar-refractivity contribution >= 4 is 8.41 Å². The number of rotatable bonds is 4. The van der Waals surface area contributed by atoms with Crippen molar-refractivity contribution < 1.29 is 2.85 Å². The molecule has 0 unspecified atom stereocenters. The molecule has 24 heavy (non-hydrogen) atoms. The van der Waals surface area contributed by atoms with Crippen molar-refractivity contribution in [2.24, 2.45) is 0 Å². The van der Waals surface area contributed by atoms with Gasteiger partial charge in [-0.2, -0.15) is 0 Å². The molecule has 0 spiro atoms. The van der Waals surface area contributed by atoms with Crippen molar-refractivity contribution in [3.63, 3.8) is 0 Å². The van der Waals surface area contributed by atoms with Crippen molar-refractivity contribution in [1.29, 1.82) is 0 Å². The lowest BCUT2D eigenvalue weighted by atomic mass is 10.5. The maximum atomic E-state index is 3.48. The van der Waals surface area contributed by atoms with Crippen LogP contribution in [0, 0.1) is 0 Å². The zero-order valence-corrected chi connectivity index (χ0v) is 16.7. The normalized spacial score (nSPS) is 5.08. The maximum Gasteiger partial charge on any atom is 0 e. The number of allylic oxidation sites excluding steroid dienone is 4. The van der Waals surface area contributed by atoms with Gasteiger partial charge in [0.25, 0.3) is 0 Å². The van der Waals surface area contributed by atoms with Crippen molar-refractivity contribution in [3.8, 4) is 0 Å². The fraction of sp³-hybridized carbons (Fsp3) is 0.565. The zero-order chi connectivity index (χ0) is 18.4. The van der Waals surface area contributed by atoms with Crippen LogP contribution < -0.4 is 0 Å². The van der Waals surface area contributed by atoms with Crippen LogP contribution >= 0.6 is 0 Å². The molecule has 0 bridgehead atoms. The van der Waals surface area contributed by atoms with Crippen LogP contribution in [-0.2, 0) is 0 Å². The highest BCUT2D eigenvalue weighted by Crippen LogP contribution is 1.67. The van der Waals surface area contributed by atoms with Crippen LogP contribution in [0.2, 0.25) is 0 Å². The molecule has 0 fully saturated rings. The second-order valence-electron chi connectivity index (χ2n) is 3.49. The average molecular weight is 345 g/mol. The van der Waals surface area contributed by atoms with Gasteiger partial charge in [0.1, 0.15) is 0 Å². The van der Waals surface area contributed by atoms with Crippen LogP contribution in [0.25, 0.3) is 0 Å². The van der Waals surface area contributed by atoms with Crippen LogP contribution in [0.4, 0.5) is 0 Å². The summed E-state index contributed by atoms with van der Waals surface area (Å²) < 4.78 is 0. The third kappa shape index (κ3) is 1060. The molecule has 0 aromatic rings. The fourth-order valence-electron chi connectivity index (χ4n) is 0. The SMILES string of the molecule is C.C.C=C.C=CCC.C=CCC.C=CCC.C=CCC.CCC.[2HH].[B].[HH]. The van der Waals surface area contributed by atoms with Crippen LogP contribution in [0.1, 0.15) is 91.4 Å². The van der Waals surface area contributed by atoms with Gasteiger partial charge < -0.3 is 0 Å². The Morgan fingerprint density at radius 1 is 0.583 bits per heavy atom. The summed E-state index contributed by atoms with van der Waals surface area (Å²) in [4.78, 5) is 0. The Labute approximate surface area is 164 Å². The topological polar surface area (TPSA) is 0 Å². The Balaban J connectivity index is -0.0000000112. The zero-order valence-electron chi connectivity index (χ0n) is 16.7. The van der Waals surface area contributed by atoms with Gasteiger partial charge in [0.2, 0.25) is 0 Å². The minimum absolute atomic E-state index is 0. The average Bonchev–Trinajstić information content (AvgIpc) is 2.57. The van der Waals surface area contributed by atoms with Crippen molar-refractivity contribution in [2.45, 2.75) is 88.5 Å². The van der Waals surface area contributed by atoms with E-state index in [0.29, 0.717) is 0 Å². The first-order chi connectivity index (χ1) is 10.1. The summed E-state index contributed by atoms with van der Waals surface area (Å²) >= 11 is 0. The second-order valence-corrected chi connectivity index (χ2v) is 3.49. The van der Waals surface area contributed by atoms with Crippen LogP contribution in [-0.4, -0.2) is 8.41 Å². The van der Waals surface area contributed by atoms with Gasteiger partial charge in [-0.25, -0.2) is 0 Å². The lowest BCUT2D eigenvalue weighted by Gasteiger charge is -1.57. The van der Waals surface area contributed by atoms with Crippen LogP contribution in [0.5, 0.6) is 0 Å². The summed E-state index contributed by atoms with van der Waals surface area (Å²) in [6.45, 7) is 32.4. The summed E-state index contributed by atoms with van der Waals surface area (Å²) in [7, 11) is 0. The van der Waals surface area contributed by atoms with E-state index < -0.39 is 0 Å². The molecule has 0 aromatic heterocycles. The van der Waals surface area contributed by atoms with Crippen molar-refractivity contribution in [1.82, 2.24) is 0 Å². The smallest absolute Gasteiger partial charge is 0 e. The van der Waals surface area contributed by atoms with Gasteiger partial charge in [0, 0.05) is 11.3 Å². The summed E-state index contributed by atoms with van der Waals surface area (Å²) in [5, 5.41) is 0. The van der Waals surface area contributed by atoms with Crippen LogP contribution in [0.3, 0.4) is 0 Å². The summed E-state index contributed by atoms with van der Waals surface area (Å²) in [5.74, 6) is 0. The quantitative estimate of drug-likeness (QED) is 0.351. The van der Waals surface area contributed by atoms with E-state index in [0.717, 1.165) is 25.7 Å². The molecule has 0 saturated heterocycles. The van der Waals surface area contributed by atoms with E-state index in [1.54, 1.807) is 0 Å². The molecule has 0 N–H and O–H groups in total. The monoisotopic (exact) mass is 344 g/mol. The first-order valence-corrected chi connectivity index (χ1v) is 8.01. The molecule has 0 aliphatic rings. The Morgan fingerprint density at radius 2 is 0.625 bits per heavy atom. The van der Waals surface area contributed by atoms with E-state index in [4.69, 9.17) is 0 Å². The molecule has 0 rings (SSSR count). The Bertz CT molecular complexity index is 126. The minimum atomic E-state index is 0. The first-order valence-electron chi connectivity index (χ1n) is 8.01. The molecule has 0 saturated carbocycles. The molecule has 0 amide bonds. The summed E-state index contributed by atoms with van der Waals surface area (Å²) in [5.41, 5.74) is 0. The lowest BCUT2D eigenvalue weighted by Crippen LogP contribution is -1.36. The van der Waals surface area contributed by atoms with Gasteiger partial charge in [-0.3, -0.25) is 0 Å². The number of hydrogen-bond acceptors (Lipinski definition) is 0. The van der Waals surface area contributed by atoms with E-state index >= 15 is 0 Å². The predicted octanol–water partition coefficient (Wildman–Crippen LogP) is 9.93. The summed E-state index contributed by atoms with van der Waals surface area (Å²) in [6.07, 6.45) is 13.1. The van der Waals surface area contributed by atoms with Crippen molar-refractivity contribution in [3.05, 3.63) is 63.8 Å². The molecule has 0 atom stereocenters. The molecule has 0 aromatic carbocycles. The third-order valence-corrected chi connectivity index (χ3v) is 1.15. The highest BCUT2D eigenvalue weighted by Gasteiger charge is 1.46. The van der Waals surface area contributed by atoms with Crippen LogP contribution in [0.15, 0.2) is 63.8 Å². The molecular weight excluding hydrogens is 287 g/mol. The van der Waals surface area contributed by atoms with Gasteiger partial charge in [0.15, 0.2) is 0 Å². The lowest BCUT2D eigenvalue weighted by molar-refractivity contribution is 1.09. The fourth-order valence-corrected chi connectivity index (χ4v) is 0. The van der Waals surface area contributed by atoms with E-state index in [-0.39, 0.29) is 26.1 Å². The second kappa shape index (κ2) is 156.